The number of hydrogen-bond acceptors (Lipinski definition) is 4. The number of ether oxygens (including phenoxy) is 2. The summed E-state index contributed by atoms with van der Waals surface area (Å²) in [4.78, 5) is 15.9. The molecule has 1 aromatic carbocycles. The lowest BCUT2D eigenvalue weighted by Gasteiger charge is -2.42. The van der Waals surface area contributed by atoms with E-state index in [-0.39, 0.29) is 17.0 Å². The number of carbonyl (C=O) groups excluding carboxylic acids is 1. The topological polar surface area (TPSA) is 48.4 Å². The van der Waals surface area contributed by atoms with E-state index in [2.05, 4.69) is 50.6 Å². The van der Waals surface area contributed by atoms with Crippen molar-refractivity contribution in [3.8, 4) is 17.6 Å². The van der Waals surface area contributed by atoms with E-state index in [4.69, 9.17) is 9.47 Å². The van der Waals surface area contributed by atoms with Gasteiger partial charge >= 0.3 is 5.97 Å². The molecule has 0 bridgehead atoms. The van der Waals surface area contributed by atoms with Crippen molar-refractivity contribution in [3.63, 3.8) is 0 Å². The summed E-state index contributed by atoms with van der Waals surface area (Å²) in [6.45, 7) is 10.8. The molecule has 0 spiro atoms. The van der Waals surface area contributed by atoms with E-state index < -0.39 is 0 Å². The number of nitrogens with zero attached hydrogens (tertiary/aromatic N) is 1. The number of fused-ring (bicyclic) bond motifs is 1. The van der Waals surface area contributed by atoms with Crippen molar-refractivity contribution in [3.05, 3.63) is 58.9 Å². The number of rotatable bonds is 2. The van der Waals surface area contributed by atoms with E-state index in [1.807, 2.05) is 12.1 Å². The SMILES string of the molecule is CCOC(=O)c1ccc(C#Cc2ccc3c(c2)C(C)(C)CC(C)(C)O3)nc1. The fourth-order valence-electron chi connectivity index (χ4n) is 3.66. The Labute approximate surface area is 160 Å². The van der Waals surface area contributed by atoms with Crippen LogP contribution in [-0.4, -0.2) is 23.2 Å². The van der Waals surface area contributed by atoms with E-state index in [1.54, 1.807) is 19.1 Å². The molecule has 0 atom stereocenters. The predicted molar refractivity (Wildman–Crippen MR) is 105 cm³/mol. The third kappa shape index (κ3) is 4.31. The lowest BCUT2D eigenvalue weighted by Crippen LogP contribution is -2.41. The molecule has 2 aromatic rings. The van der Waals surface area contributed by atoms with Gasteiger partial charge in [0, 0.05) is 17.3 Å². The van der Waals surface area contributed by atoms with E-state index in [0.717, 1.165) is 17.7 Å². The summed E-state index contributed by atoms with van der Waals surface area (Å²) in [5.74, 6) is 6.77. The van der Waals surface area contributed by atoms with Gasteiger partial charge in [-0.3, -0.25) is 0 Å². The molecule has 27 heavy (non-hydrogen) atoms. The van der Waals surface area contributed by atoms with Crippen LogP contribution in [0.4, 0.5) is 0 Å². The quantitative estimate of drug-likeness (QED) is 0.582. The zero-order valence-corrected chi connectivity index (χ0v) is 16.6. The Hall–Kier alpha value is -2.80. The maximum atomic E-state index is 11.7. The number of benzene rings is 1. The first-order chi connectivity index (χ1) is 12.7. The van der Waals surface area contributed by atoms with Crippen molar-refractivity contribution in [2.75, 3.05) is 6.61 Å². The summed E-state index contributed by atoms with van der Waals surface area (Å²) in [6, 6.07) is 9.48. The summed E-state index contributed by atoms with van der Waals surface area (Å²) in [5, 5.41) is 0. The molecule has 1 aliphatic heterocycles. The maximum Gasteiger partial charge on any atom is 0.339 e. The summed E-state index contributed by atoms with van der Waals surface area (Å²) in [7, 11) is 0. The molecule has 1 aliphatic rings. The molecule has 1 aromatic heterocycles. The van der Waals surface area contributed by atoms with E-state index >= 15 is 0 Å². The Morgan fingerprint density at radius 1 is 1.19 bits per heavy atom. The number of pyridine rings is 1. The molecule has 0 saturated heterocycles. The smallest absolute Gasteiger partial charge is 0.339 e. The second-order valence-corrected chi connectivity index (χ2v) is 8.04. The summed E-state index contributed by atoms with van der Waals surface area (Å²) in [6.07, 6.45) is 2.44. The van der Waals surface area contributed by atoms with Crippen molar-refractivity contribution in [2.24, 2.45) is 0 Å². The molecule has 4 heteroatoms. The average molecular weight is 363 g/mol. The lowest BCUT2D eigenvalue weighted by molar-refractivity contribution is 0.0521. The molecule has 2 heterocycles. The minimum absolute atomic E-state index is 0.0221. The first-order valence-corrected chi connectivity index (χ1v) is 9.19. The van der Waals surface area contributed by atoms with Crippen LogP contribution in [0.5, 0.6) is 5.75 Å². The van der Waals surface area contributed by atoms with Gasteiger partial charge in [0.1, 0.15) is 17.0 Å². The monoisotopic (exact) mass is 363 g/mol. The van der Waals surface area contributed by atoms with Gasteiger partial charge < -0.3 is 9.47 Å². The molecule has 0 fully saturated rings. The van der Waals surface area contributed by atoms with Gasteiger partial charge in [0.15, 0.2) is 0 Å². The van der Waals surface area contributed by atoms with Crippen molar-refractivity contribution in [1.29, 1.82) is 0 Å². The second kappa shape index (κ2) is 7.08. The highest BCUT2D eigenvalue weighted by Gasteiger charge is 2.38. The first-order valence-electron chi connectivity index (χ1n) is 9.19. The van der Waals surface area contributed by atoms with Gasteiger partial charge in [0.25, 0.3) is 0 Å². The zero-order valence-electron chi connectivity index (χ0n) is 16.6. The van der Waals surface area contributed by atoms with Gasteiger partial charge in [-0.25, -0.2) is 9.78 Å². The number of hydrogen-bond donors (Lipinski definition) is 0. The summed E-state index contributed by atoms with van der Waals surface area (Å²) in [5.41, 5.74) is 2.98. The van der Waals surface area contributed by atoms with Crippen molar-refractivity contribution in [1.82, 2.24) is 4.98 Å². The average Bonchev–Trinajstić information content (AvgIpc) is 2.59. The van der Waals surface area contributed by atoms with Crippen LogP contribution in [-0.2, 0) is 10.2 Å². The van der Waals surface area contributed by atoms with Gasteiger partial charge in [-0.2, -0.15) is 0 Å². The standard InChI is InChI=1S/C23H25NO3/c1-6-26-21(25)17-9-11-18(24-14-17)10-7-16-8-12-20-19(13-16)22(2,3)15-23(4,5)27-20/h8-9,11-14H,6,15H2,1-5H3. The van der Waals surface area contributed by atoms with Crippen molar-refractivity contribution in [2.45, 2.75) is 52.1 Å². The molecule has 4 nitrogen and oxygen atoms in total. The van der Waals surface area contributed by atoms with E-state index in [9.17, 15) is 4.79 Å². The Morgan fingerprint density at radius 3 is 2.63 bits per heavy atom. The zero-order chi connectivity index (χ0) is 19.7. The number of aromatic nitrogens is 1. The van der Waals surface area contributed by atoms with Crippen LogP contribution in [0.3, 0.4) is 0 Å². The van der Waals surface area contributed by atoms with Crippen molar-refractivity contribution < 1.29 is 14.3 Å². The minimum atomic E-state index is -0.371. The molecule has 140 valence electrons. The third-order valence-corrected chi connectivity index (χ3v) is 4.57. The Balaban J connectivity index is 1.83. The fourth-order valence-corrected chi connectivity index (χ4v) is 3.66. The van der Waals surface area contributed by atoms with Crippen LogP contribution in [0.25, 0.3) is 0 Å². The highest BCUT2D eigenvalue weighted by Crippen LogP contribution is 2.44. The molecule has 0 amide bonds. The first kappa shape index (κ1) is 19.0. The van der Waals surface area contributed by atoms with Crippen LogP contribution in [0, 0.1) is 11.8 Å². The van der Waals surface area contributed by atoms with E-state index in [0.29, 0.717) is 17.9 Å². The Bertz CT molecular complexity index is 915. The molecule has 0 N–H and O–H groups in total. The highest BCUT2D eigenvalue weighted by atomic mass is 16.5. The van der Waals surface area contributed by atoms with Crippen LogP contribution in [0.15, 0.2) is 36.5 Å². The molecular weight excluding hydrogens is 338 g/mol. The molecular formula is C23H25NO3. The summed E-state index contributed by atoms with van der Waals surface area (Å²) < 4.78 is 11.1. The van der Waals surface area contributed by atoms with Gasteiger partial charge in [-0.1, -0.05) is 19.8 Å². The largest absolute Gasteiger partial charge is 0.488 e. The normalized spacial score (nSPS) is 16.3. The van der Waals surface area contributed by atoms with Crippen molar-refractivity contribution >= 4 is 5.97 Å². The van der Waals surface area contributed by atoms with Gasteiger partial charge in [0.05, 0.1) is 12.2 Å². The Morgan fingerprint density at radius 2 is 1.96 bits per heavy atom. The lowest BCUT2D eigenvalue weighted by atomic mass is 9.73. The van der Waals surface area contributed by atoms with Gasteiger partial charge in [-0.05, 0) is 68.9 Å². The van der Waals surface area contributed by atoms with E-state index in [1.165, 1.54) is 11.8 Å². The molecule has 0 saturated carbocycles. The molecule has 0 aliphatic carbocycles. The molecule has 0 unspecified atom stereocenters. The highest BCUT2D eigenvalue weighted by molar-refractivity contribution is 5.89. The molecule has 0 radical (unpaired) electrons. The summed E-state index contributed by atoms with van der Waals surface area (Å²) >= 11 is 0. The van der Waals surface area contributed by atoms with Crippen LogP contribution in [0.1, 0.15) is 68.2 Å². The van der Waals surface area contributed by atoms with Crippen LogP contribution >= 0.6 is 0 Å². The predicted octanol–water partition coefficient (Wildman–Crippen LogP) is 4.50. The van der Waals surface area contributed by atoms with Crippen LogP contribution in [0.2, 0.25) is 0 Å². The number of carbonyl (C=O) groups is 1. The van der Waals surface area contributed by atoms with Gasteiger partial charge in [0.2, 0.25) is 0 Å². The number of esters is 1. The third-order valence-electron chi connectivity index (χ3n) is 4.57. The van der Waals surface area contributed by atoms with Gasteiger partial charge in [-0.15, -0.1) is 0 Å². The maximum absolute atomic E-state index is 11.7. The fraction of sp³-hybridized carbons (Fsp3) is 0.391. The molecule has 3 rings (SSSR count). The second-order valence-electron chi connectivity index (χ2n) is 8.04. The van der Waals surface area contributed by atoms with Crippen LogP contribution < -0.4 is 4.74 Å². The minimum Gasteiger partial charge on any atom is -0.488 e. The Kier molecular flexibility index (Phi) is 4.97.